The van der Waals surface area contributed by atoms with Gasteiger partial charge in [0.05, 0.1) is 0 Å². The van der Waals surface area contributed by atoms with Crippen molar-refractivity contribution in [2.45, 2.75) is 19.8 Å². The molecular formula is C13H21N5O. The summed E-state index contributed by atoms with van der Waals surface area (Å²) in [4.78, 5) is 22.1. The Labute approximate surface area is 113 Å². The highest BCUT2D eigenvalue weighted by molar-refractivity contribution is 5.80. The molecule has 2 N–H and O–H groups in total. The number of carbonyl (C=O) groups is 1. The number of hydrogen-bond donors (Lipinski definition) is 2. The van der Waals surface area contributed by atoms with E-state index >= 15 is 0 Å². The van der Waals surface area contributed by atoms with Crippen molar-refractivity contribution in [3.63, 3.8) is 0 Å². The summed E-state index contributed by atoms with van der Waals surface area (Å²) in [5.74, 6) is 1.90. The van der Waals surface area contributed by atoms with Gasteiger partial charge >= 0.3 is 0 Å². The summed E-state index contributed by atoms with van der Waals surface area (Å²) in [5.41, 5.74) is 0.920. The van der Waals surface area contributed by atoms with Crippen molar-refractivity contribution in [1.82, 2.24) is 15.3 Å². The second-order valence-corrected chi connectivity index (χ2v) is 5.08. The van der Waals surface area contributed by atoms with Crippen LogP contribution in [-0.4, -0.2) is 43.1 Å². The van der Waals surface area contributed by atoms with Crippen LogP contribution >= 0.6 is 0 Å². The molecule has 1 saturated carbocycles. The summed E-state index contributed by atoms with van der Waals surface area (Å²) in [7, 11) is 3.89. The zero-order valence-corrected chi connectivity index (χ0v) is 11.7. The molecule has 0 saturated heterocycles. The third-order valence-electron chi connectivity index (χ3n) is 2.95. The molecule has 0 unspecified atom stereocenters. The Hall–Kier alpha value is -1.85. The number of nitrogens with one attached hydrogen (secondary N) is 2. The molecule has 1 amide bonds. The molecule has 0 spiro atoms. The molecule has 19 heavy (non-hydrogen) atoms. The molecule has 1 aliphatic carbocycles. The Morgan fingerprint density at radius 1 is 1.37 bits per heavy atom. The second-order valence-electron chi connectivity index (χ2n) is 5.08. The number of nitrogens with zero attached hydrogens (tertiary/aromatic N) is 3. The van der Waals surface area contributed by atoms with Gasteiger partial charge in [0.2, 0.25) is 11.9 Å². The van der Waals surface area contributed by atoms with Gasteiger partial charge in [0, 0.05) is 44.9 Å². The van der Waals surface area contributed by atoms with E-state index in [4.69, 9.17) is 0 Å². The molecular weight excluding hydrogens is 242 g/mol. The fraction of sp³-hybridized carbons (Fsp3) is 0.615. The molecule has 0 atom stereocenters. The third kappa shape index (κ3) is 4.08. The van der Waals surface area contributed by atoms with Gasteiger partial charge < -0.3 is 15.5 Å². The average molecular weight is 263 g/mol. The zero-order chi connectivity index (χ0) is 13.8. The lowest BCUT2D eigenvalue weighted by atomic mass is 10.4. The number of carbonyl (C=O) groups excluding carboxylic acids is 1. The molecule has 1 aromatic rings. The monoisotopic (exact) mass is 263 g/mol. The number of aryl methyl sites for hydroxylation is 1. The van der Waals surface area contributed by atoms with E-state index in [1.54, 1.807) is 0 Å². The number of rotatable bonds is 6. The first-order chi connectivity index (χ1) is 9.06. The zero-order valence-electron chi connectivity index (χ0n) is 11.7. The fourth-order valence-corrected chi connectivity index (χ4v) is 1.71. The van der Waals surface area contributed by atoms with Gasteiger partial charge in [-0.25, -0.2) is 4.98 Å². The highest BCUT2D eigenvalue weighted by Crippen LogP contribution is 2.28. The Kier molecular flexibility index (Phi) is 4.19. The van der Waals surface area contributed by atoms with Crippen molar-refractivity contribution >= 4 is 17.7 Å². The Bertz CT molecular complexity index is 456. The fourth-order valence-electron chi connectivity index (χ4n) is 1.71. The summed E-state index contributed by atoms with van der Waals surface area (Å²) in [6, 6.07) is 1.93. The molecule has 0 bridgehead atoms. The first-order valence-corrected chi connectivity index (χ1v) is 6.61. The molecule has 104 valence electrons. The Balaban J connectivity index is 1.80. The minimum Gasteiger partial charge on any atom is -0.363 e. The van der Waals surface area contributed by atoms with E-state index in [2.05, 4.69) is 20.6 Å². The Morgan fingerprint density at radius 2 is 2.11 bits per heavy atom. The van der Waals surface area contributed by atoms with E-state index in [9.17, 15) is 4.79 Å². The van der Waals surface area contributed by atoms with Crippen molar-refractivity contribution in [3.8, 4) is 0 Å². The van der Waals surface area contributed by atoms with Crippen LogP contribution in [0.3, 0.4) is 0 Å². The molecule has 0 aliphatic heterocycles. The van der Waals surface area contributed by atoms with Gasteiger partial charge in [0.1, 0.15) is 5.82 Å². The van der Waals surface area contributed by atoms with Crippen molar-refractivity contribution < 1.29 is 4.79 Å². The van der Waals surface area contributed by atoms with Crippen LogP contribution in [0.5, 0.6) is 0 Å². The van der Waals surface area contributed by atoms with Crippen molar-refractivity contribution in [1.29, 1.82) is 0 Å². The summed E-state index contributed by atoms with van der Waals surface area (Å²) < 4.78 is 0. The van der Waals surface area contributed by atoms with Crippen LogP contribution in [0.15, 0.2) is 6.07 Å². The minimum atomic E-state index is 0.168. The molecule has 1 fully saturated rings. The molecule has 0 radical (unpaired) electrons. The quantitative estimate of drug-likeness (QED) is 0.743. The normalized spacial score (nSPS) is 14.1. The van der Waals surface area contributed by atoms with Gasteiger partial charge in [0.25, 0.3) is 0 Å². The van der Waals surface area contributed by atoms with Gasteiger partial charge in [0.15, 0.2) is 0 Å². The smallest absolute Gasteiger partial charge is 0.224 e. The topological polar surface area (TPSA) is 70.2 Å². The van der Waals surface area contributed by atoms with Crippen LogP contribution in [0.2, 0.25) is 0 Å². The SMILES string of the molecule is Cc1cc(N(C)C)nc(NCCNC(=O)C2CC2)n1. The van der Waals surface area contributed by atoms with E-state index in [0.717, 1.165) is 24.4 Å². The lowest BCUT2D eigenvalue weighted by molar-refractivity contribution is -0.122. The average Bonchev–Trinajstić information content (AvgIpc) is 3.17. The van der Waals surface area contributed by atoms with Crippen molar-refractivity contribution in [2.75, 3.05) is 37.4 Å². The Morgan fingerprint density at radius 3 is 2.74 bits per heavy atom. The van der Waals surface area contributed by atoms with Gasteiger partial charge in [-0.2, -0.15) is 4.98 Å². The summed E-state index contributed by atoms with van der Waals surface area (Å²) >= 11 is 0. The van der Waals surface area contributed by atoms with Gasteiger partial charge in [-0.1, -0.05) is 0 Å². The number of hydrogen-bond acceptors (Lipinski definition) is 5. The largest absolute Gasteiger partial charge is 0.363 e. The van der Waals surface area contributed by atoms with E-state index in [1.165, 1.54) is 0 Å². The van der Waals surface area contributed by atoms with Crippen molar-refractivity contribution in [2.24, 2.45) is 5.92 Å². The van der Waals surface area contributed by atoms with Gasteiger partial charge in [-0.15, -0.1) is 0 Å². The summed E-state index contributed by atoms with van der Waals surface area (Å²) in [6.07, 6.45) is 2.07. The molecule has 6 heteroatoms. The number of amides is 1. The summed E-state index contributed by atoms with van der Waals surface area (Å²) in [6.45, 7) is 3.17. The molecule has 1 aliphatic rings. The maximum Gasteiger partial charge on any atom is 0.224 e. The van der Waals surface area contributed by atoms with Crippen LogP contribution in [0.25, 0.3) is 0 Å². The van der Waals surface area contributed by atoms with Crippen LogP contribution in [0, 0.1) is 12.8 Å². The standard InChI is InChI=1S/C13H21N5O/c1-9-8-11(18(2)3)17-13(16-9)15-7-6-14-12(19)10-4-5-10/h8,10H,4-7H2,1-3H3,(H,14,19)(H,15,16,17). The maximum absolute atomic E-state index is 11.4. The predicted molar refractivity (Wildman–Crippen MR) is 75.3 cm³/mol. The third-order valence-corrected chi connectivity index (χ3v) is 2.95. The van der Waals surface area contributed by atoms with Crippen LogP contribution in [-0.2, 0) is 4.79 Å². The predicted octanol–water partition coefficient (Wildman–Crippen LogP) is 0.789. The van der Waals surface area contributed by atoms with Crippen LogP contribution < -0.4 is 15.5 Å². The van der Waals surface area contributed by atoms with Gasteiger partial charge in [-0.05, 0) is 19.8 Å². The molecule has 6 nitrogen and oxygen atoms in total. The lowest BCUT2D eigenvalue weighted by Gasteiger charge is -2.13. The maximum atomic E-state index is 11.4. The molecule has 1 aromatic heterocycles. The van der Waals surface area contributed by atoms with E-state index in [1.807, 2.05) is 32.0 Å². The highest BCUT2D eigenvalue weighted by atomic mass is 16.2. The van der Waals surface area contributed by atoms with E-state index in [0.29, 0.717) is 19.0 Å². The van der Waals surface area contributed by atoms with Crippen LogP contribution in [0.4, 0.5) is 11.8 Å². The number of anilines is 2. The molecule has 1 heterocycles. The van der Waals surface area contributed by atoms with E-state index in [-0.39, 0.29) is 11.8 Å². The van der Waals surface area contributed by atoms with Crippen molar-refractivity contribution in [3.05, 3.63) is 11.8 Å². The highest BCUT2D eigenvalue weighted by Gasteiger charge is 2.28. The number of aromatic nitrogens is 2. The second kappa shape index (κ2) is 5.86. The van der Waals surface area contributed by atoms with Crippen LogP contribution in [0.1, 0.15) is 18.5 Å². The minimum absolute atomic E-state index is 0.168. The molecule has 2 rings (SSSR count). The van der Waals surface area contributed by atoms with Gasteiger partial charge in [-0.3, -0.25) is 4.79 Å². The lowest BCUT2D eigenvalue weighted by Crippen LogP contribution is -2.30. The first kappa shape index (κ1) is 13.6. The molecule has 0 aromatic carbocycles. The first-order valence-electron chi connectivity index (χ1n) is 6.61. The van der Waals surface area contributed by atoms with E-state index < -0.39 is 0 Å². The summed E-state index contributed by atoms with van der Waals surface area (Å²) in [5, 5.41) is 6.03.